The minimum Gasteiger partial charge on any atom is -0.307 e. The Kier molecular flexibility index (Phi) is 8.51. The second-order valence-corrected chi connectivity index (χ2v) is 22.7. The molecule has 0 N–H and O–H groups in total. The van der Waals surface area contributed by atoms with Crippen LogP contribution in [-0.2, 0) is 0 Å². The molecule has 0 amide bonds. The van der Waals surface area contributed by atoms with Gasteiger partial charge in [0.25, 0.3) is 0 Å². The van der Waals surface area contributed by atoms with E-state index < -0.39 is 0 Å². The fraction of sp³-hybridized carbons (Fsp3) is 0. The van der Waals surface area contributed by atoms with Gasteiger partial charge in [-0.3, -0.25) is 4.98 Å². The SMILES string of the molecule is N#Cc1c(-c2cccnc2)c(-n2c3ccccc3c3c4sc5ccccc5c4ccc32)c(C#N)c(-n2c3ccccc3c3c4sc5ccccc5c4ccc32)c1-n1c2ccccc2c2c3sc4ccccc4c3ccc21. The second-order valence-electron chi connectivity index (χ2n) is 19.5. The highest BCUT2D eigenvalue weighted by Crippen LogP contribution is 2.52. The van der Waals surface area contributed by atoms with Gasteiger partial charge < -0.3 is 13.7 Å². The summed E-state index contributed by atoms with van der Waals surface area (Å²) in [5, 5.41) is 38.9. The number of fused-ring (bicyclic) bond motifs is 21. The van der Waals surface area contributed by atoms with E-state index in [4.69, 9.17) is 4.98 Å². The Morgan fingerprint density at radius 3 is 1.09 bits per heavy atom. The van der Waals surface area contributed by atoms with E-state index in [0.29, 0.717) is 33.8 Å². The summed E-state index contributed by atoms with van der Waals surface area (Å²) in [5.41, 5.74) is 9.75. The number of rotatable bonds is 4. The molecule has 0 saturated carbocycles. The molecule has 0 atom stereocenters. The quantitative estimate of drug-likeness (QED) is 0.176. The molecule has 7 heterocycles. The van der Waals surface area contributed by atoms with Gasteiger partial charge in [0.15, 0.2) is 0 Å². The molecule has 0 aliphatic carbocycles. The lowest BCUT2D eigenvalue weighted by atomic mass is 9.91. The van der Waals surface area contributed by atoms with Crippen LogP contribution in [0.1, 0.15) is 11.1 Å². The molecule has 7 aromatic heterocycles. The predicted molar refractivity (Wildman–Crippen MR) is 321 cm³/mol. The third-order valence-corrected chi connectivity index (χ3v) is 19.4. The molecule has 0 spiro atoms. The smallest absolute Gasteiger partial charge is 0.104 e. The lowest BCUT2D eigenvalue weighted by Gasteiger charge is -2.26. The lowest BCUT2D eigenvalue weighted by molar-refractivity contribution is 1.06. The largest absolute Gasteiger partial charge is 0.307 e. The Balaban J connectivity index is 1.14. The Bertz CT molecular complexity index is 5510. The zero-order valence-corrected chi connectivity index (χ0v) is 42.5. The van der Waals surface area contributed by atoms with Gasteiger partial charge in [-0.05, 0) is 60.7 Å². The van der Waals surface area contributed by atoms with Crippen LogP contribution in [0, 0.1) is 22.7 Å². The second kappa shape index (κ2) is 15.5. The van der Waals surface area contributed by atoms with Crippen molar-refractivity contribution in [3.63, 3.8) is 0 Å². The van der Waals surface area contributed by atoms with E-state index in [0.717, 1.165) is 71.0 Å². The van der Waals surface area contributed by atoms with Gasteiger partial charge in [-0.2, -0.15) is 10.5 Å². The van der Waals surface area contributed by atoms with E-state index in [-0.39, 0.29) is 0 Å². The van der Waals surface area contributed by atoms with Crippen molar-refractivity contribution < 1.29 is 0 Å². The molecular weight excluding hydrogens is 985 g/mol. The van der Waals surface area contributed by atoms with E-state index in [1.807, 2.05) is 18.3 Å². The van der Waals surface area contributed by atoms with Gasteiger partial charge in [0.2, 0.25) is 0 Å². The Hall–Kier alpha value is -9.61. The van der Waals surface area contributed by atoms with Gasteiger partial charge in [0, 0.05) is 116 Å². The van der Waals surface area contributed by atoms with Crippen molar-refractivity contribution in [2.45, 2.75) is 0 Å². The molecular formula is C67H34N6S3. The van der Waals surface area contributed by atoms with E-state index in [1.54, 1.807) is 40.2 Å². The minimum atomic E-state index is 0.429. The zero-order chi connectivity index (χ0) is 49.9. The molecule has 0 radical (unpaired) electrons. The number of pyridine rings is 1. The van der Waals surface area contributed by atoms with E-state index in [1.165, 1.54) is 60.5 Å². The molecule has 6 nitrogen and oxygen atoms in total. The number of thiophene rings is 3. The van der Waals surface area contributed by atoms with Crippen molar-refractivity contribution in [3.8, 4) is 40.3 Å². The number of para-hydroxylation sites is 3. The molecule has 0 fully saturated rings. The van der Waals surface area contributed by atoms with Crippen LogP contribution in [0.5, 0.6) is 0 Å². The molecule has 17 rings (SSSR count). The molecule has 0 aliphatic rings. The Labute approximate surface area is 444 Å². The first-order valence-electron chi connectivity index (χ1n) is 25.1. The number of hydrogen-bond acceptors (Lipinski definition) is 6. The molecule has 9 heteroatoms. The molecule has 0 aliphatic heterocycles. The minimum absolute atomic E-state index is 0.429. The van der Waals surface area contributed by atoms with Crippen LogP contribution in [0.4, 0.5) is 0 Å². The fourth-order valence-electron chi connectivity index (χ4n) is 12.8. The van der Waals surface area contributed by atoms with Gasteiger partial charge in [-0.15, -0.1) is 34.0 Å². The first-order valence-corrected chi connectivity index (χ1v) is 27.6. The molecule has 0 bridgehead atoms. The number of hydrogen-bond donors (Lipinski definition) is 0. The Morgan fingerprint density at radius 2 is 0.697 bits per heavy atom. The summed E-state index contributed by atoms with van der Waals surface area (Å²) in [5.74, 6) is 0. The summed E-state index contributed by atoms with van der Waals surface area (Å²) in [6.45, 7) is 0. The van der Waals surface area contributed by atoms with Crippen LogP contribution in [0.2, 0.25) is 0 Å². The van der Waals surface area contributed by atoms with Crippen molar-refractivity contribution in [1.82, 2.24) is 18.7 Å². The standard InChI is InChI=1S/C67H34N6S3/c68-34-47-58(37-14-13-33-70-36-37)62(71-49-21-7-1-18-44(49)59-52(71)30-27-41-38-15-4-10-24-55(38)74-65(41)59)48(35-69)64(73-51-23-9-3-20-46(51)61-54(73)32-29-43-40-17-6-12-26-57(40)76-67(43)61)63(47)72-50-22-8-2-19-45(50)60-53(72)31-28-42-39-16-5-11-25-56(39)75-66(42)60/h1-33,36H. The van der Waals surface area contributed by atoms with Crippen molar-refractivity contribution in [2.75, 3.05) is 0 Å². The fourth-order valence-corrected chi connectivity index (χ4v) is 16.6. The highest BCUT2D eigenvalue weighted by molar-refractivity contribution is 7.27. The molecule has 10 aromatic carbocycles. The zero-order valence-electron chi connectivity index (χ0n) is 40.0. The summed E-state index contributed by atoms with van der Waals surface area (Å²) >= 11 is 5.40. The molecule has 350 valence electrons. The third-order valence-electron chi connectivity index (χ3n) is 15.8. The van der Waals surface area contributed by atoms with Gasteiger partial charge in [-0.1, -0.05) is 133 Å². The predicted octanol–water partition coefficient (Wildman–Crippen LogP) is 18.9. The van der Waals surface area contributed by atoms with E-state index in [9.17, 15) is 10.5 Å². The van der Waals surface area contributed by atoms with Gasteiger partial charge in [-0.25, -0.2) is 0 Å². The maximum Gasteiger partial charge on any atom is 0.104 e. The van der Waals surface area contributed by atoms with Gasteiger partial charge in [0.1, 0.15) is 17.7 Å². The van der Waals surface area contributed by atoms with Crippen molar-refractivity contribution in [2.24, 2.45) is 0 Å². The topological polar surface area (TPSA) is 75.3 Å². The number of nitrogens with zero attached hydrogens (tertiary/aromatic N) is 6. The average molecular weight is 1020 g/mol. The number of aromatic nitrogens is 4. The van der Waals surface area contributed by atoms with Crippen LogP contribution in [0.3, 0.4) is 0 Å². The van der Waals surface area contributed by atoms with Crippen LogP contribution in [0.15, 0.2) is 207 Å². The van der Waals surface area contributed by atoms with Crippen molar-refractivity contribution >= 4 is 160 Å². The summed E-state index contributed by atoms with van der Waals surface area (Å²) in [7, 11) is 0. The van der Waals surface area contributed by atoms with E-state index in [2.05, 4.69) is 208 Å². The first-order chi connectivity index (χ1) is 37.7. The van der Waals surface area contributed by atoms with Crippen LogP contribution < -0.4 is 0 Å². The summed E-state index contributed by atoms with van der Waals surface area (Å²) in [4.78, 5) is 4.74. The highest BCUT2D eigenvalue weighted by atomic mass is 32.1. The van der Waals surface area contributed by atoms with E-state index >= 15 is 0 Å². The molecule has 0 unspecified atom stereocenters. The summed E-state index contributed by atoms with van der Waals surface area (Å²) in [6, 6.07) is 74.7. The highest BCUT2D eigenvalue weighted by Gasteiger charge is 2.34. The van der Waals surface area contributed by atoms with Crippen LogP contribution >= 0.6 is 34.0 Å². The molecule has 76 heavy (non-hydrogen) atoms. The van der Waals surface area contributed by atoms with Crippen molar-refractivity contribution in [1.29, 1.82) is 10.5 Å². The maximum atomic E-state index is 12.6. The lowest BCUT2D eigenvalue weighted by Crippen LogP contribution is -2.14. The summed E-state index contributed by atoms with van der Waals surface area (Å²) in [6.07, 6.45) is 3.61. The molecule has 0 saturated heterocycles. The molecule has 17 aromatic rings. The average Bonchev–Trinajstić information content (AvgIpc) is 4.44. The normalized spacial score (nSPS) is 12.2. The van der Waals surface area contributed by atoms with Crippen LogP contribution in [0.25, 0.3) is 154 Å². The Morgan fingerprint density at radius 1 is 0.329 bits per heavy atom. The first kappa shape index (κ1) is 41.8. The number of nitriles is 2. The monoisotopic (exact) mass is 1020 g/mol. The van der Waals surface area contributed by atoms with Gasteiger partial charge >= 0.3 is 0 Å². The van der Waals surface area contributed by atoms with Crippen molar-refractivity contribution in [3.05, 3.63) is 218 Å². The maximum absolute atomic E-state index is 12.6. The third kappa shape index (κ3) is 5.38. The number of benzene rings is 10. The summed E-state index contributed by atoms with van der Waals surface area (Å²) < 4.78 is 14.1. The van der Waals surface area contributed by atoms with Gasteiger partial charge in [0.05, 0.1) is 55.7 Å². The van der Waals surface area contributed by atoms with Crippen LogP contribution in [-0.4, -0.2) is 18.7 Å².